The Labute approximate surface area is 102 Å². The lowest BCUT2D eigenvalue weighted by molar-refractivity contribution is 0.175. The topological polar surface area (TPSA) is 69.2 Å². The number of aromatic nitrogens is 3. The van der Waals surface area contributed by atoms with Crippen LogP contribution in [0.2, 0.25) is 0 Å². The Morgan fingerprint density at radius 3 is 2.29 bits per heavy atom. The Hall–Kier alpha value is -1.59. The fourth-order valence-electron chi connectivity index (χ4n) is 1.49. The van der Waals surface area contributed by atoms with E-state index in [4.69, 9.17) is 9.47 Å². The minimum Gasteiger partial charge on any atom is -0.467 e. The predicted octanol–water partition coefficient (Wildman–Crippen LogP) is 1.74. The molecule has 0 saturated carbocycles. The quantitative estimate of drug-likeness (QED) is 0.816. The summed E-state index contributed by atoms with van der Waals surface area (Å²) >= 11 is 0. The van der Waals surface area contributed by atoms with E-state index < -0.39 is 0 Å². The molecule has 0 aromatic carbocycles. The molecule has 17 heavy (non-hydrogen) atoms. The molecule has 0 aliphatic carbocycles. The maximum absolute atomic E-state index is 5.63. The molecule has 1 rings (SSSR count). The highest BCUT2D eigenvalue weighted by molar-refractivity contribution is 5.26. The lowest BCUT2D eigenvalue weighted by Crippen LogP contribution is -2.17. The van der Waals surface area contributed by atoms with E-state index >= 15 is 0 Å². The summed E-state index contributed by atoms with van der Waals surface area (Å²) in [6, 6.07) is 0.533. The van der Waals surface area contributed by atoms with Crippen molar-refractivity contribution in [3.05, 3.63) is 0 Å². The number of nitrogens with zero attached hydrogens (tertiary/aromatic N) is 3. The lowest BCUT2D eigenvalue weighted by atomic mass is 10.1. The van der Waals surface area contributed by atoms with E-state index in [-0.39, 0.29) is 18.1 Å². The van der Waals surface area contributed by atoms with E-state index in [1.54, 1.807) is 7.05 Å². The first-order valence-electron chi connectivity index (χ1n) is 5.69. The Balaban J connectivity index is 2.75. The zero-order valence-corrected chi connectivity index (χ0v) is 11.0. The summed E-state index contributed by atoms with van der Waals surface area (Å²) in [5, 5.41) is 2.83. The molecule has 0 radical (unpaired) electrons. The predicted molar refractivity (Wildman–Crippen MR) is 65.5 cm³/mol. The van der Waals surface area contributed by atoms with Crippen LogP contribution in [0.4, 0.5) is 5.95 Å². The number of hydrogen-bond donors (Lipinski definition) is 1. The van der Waals surface area contributed by atoms with Crippen molar-refractivity contribution in [1.82, 2.24) is 15.0 Å². The van der Waals surface area contributed by atoms with E-state index in [0.29, 0.717) is 11.9 Å². The van der Waals surface area contributed by atoms with Crippen LogP contribution in [-0.2, 0) is 0 Å². The highest BCUT2D eigenvalue weighted by Crippen LogP contribution is 2.15. The fraction of sp³-hybridized carbons (Fsp3) is 0.727. The first-order chi connectivity index (χ1) is 8.05. The summed E-state index contributed by atoms with van der Waals surface area (Å²) in [5.41, 5.74) is 0. The molecule has 0 fully saturated rings. The summed E-state index contributed by atoms with van der Waals surface area (Å²) in [4.78, 5) is 12.2. The summed E-state index contributed by atoms with van der Waals surface area (Å²) in [5.74, 6) is 1.00. The van der Waals surface area contributed by atoms with Gasteiger partial charge in [0.15, 0.2) is 0 Å². The zero-order chi connectivity index (χ0) is 12.8. The van der Waals surface area contributed by atoms with Crippen LogP contribution in [0.25, 0.3) is 0 Å². The normalized spacial score (nSPS) is 12.4. The molecule has 1 unspecified atom stereocenters. The van der Waals surface area contributed by atoms with Crippen LogP contribution in [0, 0.1) is 5.92 Å². The van der Waals surface area contributed by atoms with E-state index in [0.717, 1.165) is 6.42 Å². The molecule has 1 N–H and O–H groups in total. The third kappa shape index (κ3) is 4.42. The molecule has 6 nitrogen and oxygen atoms in total. The Morgan fingerprint density at radius 2 is 1.76 bits per heavy atom. The first kappa shape index (κ1) is 13.5. The molecule has 1 heterocycles. The van der Waals surface area contributed by atoms with Crippen LogP contribution < -0.4 is 14.8 Å². The van der Waals surface area contributed by atoms with Gasteiger partial charge < -0.3 is 14.8 Å². The van der Waals surface area contributed by atoms with Crippen LogP contribution in [0.1, 0.15) is 27.2 Å². The molecule has 6 heteroatoms. The molecule has 1 atom stereocenters. The van der Waals surface area contributed by atoms with Crippen LogP contribution in [0.5, 0.6) is 12.0 Å². The Morgan fingerprint density at radius 1 is 1.12 bits per heavy atom. The molecular formula is C11H20N4O2. The number of methoxy groups -OCH3 is 1. The molecule has 0 bridgehead atoms. The van der Waals surface area contributed by atoms with Gasteiger partial charge in [-0.05, 0) is 19.3 Å². The number of nitrogens with one attached hydrogen (secondary N) is 1. The second-order valence-electron chi connectivity index (χ2n) is 4.24. The molecule has 0 spiro atoms. The van der Waals surface area contributed by atoms with Crippen LogP contribution in [0.3, 0.4) is 0 Å². The average molecular weight is 240 g/mol. The molecule has 0 aliphatic rings. The number of rotatable bonds is 6. The van der Waals surface area contributed by atoms with Gasteiger partial charge in [0.1, 0.15) is 0 Å². The first-order valence-corrected chi connectivity index (χ1v) is 5.69. The van der Waals surface area contributed by atoms with Crippen molar-refractivity contribution in [2.75, 3.05) is 19.5 Å². The average Bonchev–Trinajstić information content (AvgIpc) is 2.27. The second-order valence-corrected chi connectivity index (χ2v) is 4.24. The number of hydrogen-bond acceptors (Lipinski definition) is 6. The summed E-state index contributed by atoms with van der Waals surface area (Å²) < 4.78 is 10.6. The Bertz CT molecular complexity index is 335. The third-order valence-electron chi connectivity index (χ3n) is 2.11. The van der Waals surface area contributed by atoms with Gasteiger partial charge in [-0.15, -0.1) is 4.98 Å². The van der Waals surface area contributed by atoms with Crippen LogP contribution in [-0.4, -0.2) is 35.2 Å². The minimum absolute atomic E-state index is 0.0619. The van der Waals surface area contributed by atoms with Crippen molar-refractivity contribution in [3.8, 4) is 12.0 Å². The number of anilines is 1. The smallest absolute Gasteiger partial charge is 0.324 e. The van der Waals surface area contributed by atoms with Gasteiger partial charge in [-0.25, -0.2) is 0 Å². The zero-order valence-electron chi connectivity index (χ0n) is 11.0. The molecule has 1 aromatic heterocycles. The largest absolute Gasteiger partial charge is 0.467 e. The van der Waals surface area contributed by atoms with Gasteiger partial charge in [-0.2, -0.15) is 9.97 Å². The summed E-state index contributed by atoms with van der Waals surface area (Å²) in [6.45, 7) is 6.29. The summed E-state index contributed by atoms with van der Waals surface area (Å²) in [6.07, 6.45) is 1.01. The van der Waals surface area contributed by atoms with Crippen molar-refractivity contribution in [2.24, 2.45) is 5.92 Å². The van der Waals surface area contributed by atoms with Gasteiger partial charge in [0.25, 0.3) is 0 Å². The molecule has 96 valence electrons. The third-order valence-corrected chi connectivity index (χ3v) is 2.11. The van der Waals surface area contributed by atoms with E-state index in [1.165, 1.54) is 7.11 Å². The van der Waals surface area contributed by atoms with Crippen LogP contribution >= 0.6 is 0 Å². The number of ether oxygens (including phenoxy) is 2. The van der Waals surface area contributed by atoms with Gasteiger partial charge >= 0.3 is 12.0 Å². The van der Waals surface area contributed by atoms with Gasteiger partial charge in [0, 0.05) is 7.05 Å². The monoisotopic (exact) mass is 240 g/mol. The molecule has 0 amide bonds. The molecule has 1 aromatic rings. The minimum atomic E-state index is 0.0619. The fourth-order valence-corrected chi connectivity index (χ4v) is 1.49. The van der Waals surface area contributed by atoms with Crippen LogP contribution in [0.15, 0.2) is 0 Å². The maximum atomic E-state index is 5.63. The SMILES string of the molecule is CNc1nc(OC)nc(OC(C)CC(C)C)n1. The highest BCUT2D eigenvalue weighted by Gasteiger charge is 2.11. The van der Waals surface area contributed by atoms with Gasteiger partial charge in [0.2, 0.25) is 5.95 Å². The second kappa shape index (κ2) is 6.22. The molecule has 0 aliphatic heterocycles. The van der Waals surface area contributed by atoms with Crippen molar-refractivity contribution in [1.29, 1.82) is 0 Å². The van der Waals surface area contributed by atoms with Crippen molar-refractivity contribution in [2.45, 2.75) is 33.3 Å². The van der Waals surface area contributed by atoms with E-state index in [9.17, 15) is 0 Å². The van der Waals surface area contributed by atoms with Crippen molar-refractivity contribution >= 4 is 5.95 Å². The Kier molecular flexibility index (Phi) is 4.93. The van der Waals surface area contributed by atoms with E-state index in [1.807, 2.05) is 6.92 Å². The van der Waals surface area contributed by atoms with Gasteiger partial charge in [0.05, 0.1) is 13.2 Å². The molecule has 0 saturated heterocycles. The summed E-state index contributed by atoms with van der Waals surface area (Å²) in [7, 11) is 3.24. The highest BCUT2D eigenvalue weighted by atomic mass is 16.5. The lowest BCUT2D eigenvalue weighted by Gasteiger charge is -2.15. The van der Waals surface area contributed by atoms with Gasteiger partial charge in [-0.3, -0.25) is 0 Å². The molecular weight excluding hydrogens is 220 g/mol. The maximum Gasteiger partial charge on any atom is 0.324 e. The van der Waals surface area contributed by atoms with E-state index in [2.05, 4.69) is 34.1 Å². The standard InChI is InChI=1S/C11H20N4O2/c1-7(2)6-8(3)17-11-14-9(12-4)13-10(15-11)16-5/h7-8H,6H2,1-5H3,(H,12,13,14,15). The van der Waals surface area contributed by atoms with Gasteiger partial charge in [-0.1, -0.05) is 13.8 Å². The van der Waals surface area contributed by atoms with Crippen molar-refractivity contribution < 1.29 is 9.47 Å². The van der Waals surface area contributed by atoms with Crippen molar-refractivity contribution in [3.63, 3.8) is 0 Å².